The molecule has 3 amide bonds. The Hall–Kier alpha value is -2.22. The van der Waals surface area contributed by atoms with Crippen LogP contribution < -0.4 is 10.6 Å². The van der Waals surface area contributed by atoms with E-state index in [0.717, 1.165) is 31.2 Å². The number of carbonyl (C=O) groups excluding carboxylic acids is 3. The van der Waals surface area contributed by atoms with E-state index >= 15 is 0 Å². The van der Waals surface area contributed by atoms with Crippen molar-refractivity contribution in [3.8, 4) is 0 Å². The Balaban J connectivity index is 1.77. The van der Waals surface area contributed by atoms with Crippen LogP contribution >= 0.6 is 0 Å². The van der Waals surface area contributed by atoms with Crippen molar-refractivity contribution in [1.29, 1.82) is 0 Å². The average molecular weight is 366 g/mol. The fourth-order valence-electron chi connectivity index (χ4n) is 2.69. The van der Waals surface area contributed by atoms with Gasteiger partial charge in [-0.3, -0.25) is 14.3 Å². The lowest BCUT2D eigenvalue weighted by atomic mass is 10.1. The molecular formula is C17H22N2O5S. The smallest absolute Gasteiger partial charge is 0.338 e. The molecule has 1 aliphatic rings. The molecule has 25 heavy (non-hydrogen) atoms. The van der Waals surface area contributed by atoms with Gasteiger partial charge in [-0.15, -0.1) is 0 Å². The number of nitrogens with one attached hydrogen (secondary N) is 2. The van der Waals surface area contributed by atoms with Crippen molar-refractivity contribution in [2.75, 3.05) is 12.9 Å². The highest BCUT2D eigenvalue weighted by molar-refractivity contribution is 7.83. The lowest BCUT2D eigenvalue weighted by Gasteiger charge is -2.12. The molecular weight excluding hydrogens is 344 g/mol. The van der Waals surface area contributed by atoms with Crippen LogP contribution in [0.5, 0.6) is 0 Å². The van der Waals surface area contributed by atoms with Gasteiger partial charge in [0.25, 0.3) is 5.91 Å². The normalized spacial score (nSPS) is 15.4. The molecule has 1 aromatic rings. The van der Waals surface area contributed by atoms with Gasteiger partial charge in [-0.1, -0.05) is 25.0 Å². The molecule has 1 unspecified atom stereocenters. The topological polar surface area (TPSA) is 102 Å². The molecule has 1 fully saturated rings. The number of amides is 3. The minimum absolute atomic E-state index is 0.0993. The monoisotopic (exact) mass is 366 g/mol. The minimum atomic E-state index is -1.02. The lowest BCUT2D eigenvalue weighted by Crippen LogP contribution is -2.44. The van der Waals surface area contributed by atoms with Crippen LogP contribution in [-0.4, -0.2) is 41.0 Å². The molecule has 1 aliphatic carbocycles. The van der Waals surface area contributed by atoms with Crippen LogP contribution in [0.15, 0.2) is 24.3 Å². The van der Waals surface area contributed by atoms with Crippen molar-refractivity contribution in [2.45, 2.75) is 37.5 Å². The highest BCUT2D eigenvalue weighted by atomic mass is 32.2. The molecule has 7 nitrogen and oxygen atoms in total. The van der Waals surface area contributed by atoms with Crippen molar-refractivity contribution in [3.63, 3.8) is 0 Å². The number of esters is 1. The summed E-state index contributed by atoms with van der Waals surface area (Å²) in [6, 6.07) is 6.08. The molecule has 8 heteroatoms. The standard InChI is InChI=1S/C17H22N2O5S/c1-25(23)11-12-5-4-6-13(9-12)16(21)24-10-15(20)19-17(22)18-14-7-2-3-8-14/h4-6,9,14H,2-3,7-8,10-11H2,1H3,(H2,18,19,20,22). The van der Waals surface area contributed by atoms with Gasteiger partial charge in [0.1, 0.15) is 0 Å². The van der Waals surface area contributed by atoms with Gasteiger partial charge in [0.2, 0.25) is 0 Å². The fraction of sp³-hybridized carbons (Fsp3) is 0.471. The first-order valence-electron chi connectivity index (χ1n) is 8.10. The fourth-order valence-corrected chi connectivity index (χ4v) is 3.34. The van der Waals surface area contributed by atoms with E-state index in [4.69, 9.17) is 4.74 Å². The van der Waals surface area contributed by atoms with Crippen molar-refractivity contribution in [2.24, 2.45) is 0 Å². The first-order valence-corrected chi connectivity index (χ1v) is 9.83. The predicted octanol–water partition coefficient (Wildman–Crippen LogP) is 1.49. The van der Waals surface area contributed by atoms with E-state index < -0.39 is 35.3 Å². The molecule has 136 valence electrons. The number of urea groups is 1. The Morgan fingerprint density at radius 3 is 2.64 bits per heavy atom. The molecule has 2 N–H and O–H groups in total. The van der Waals surface area contributed by atoms with Crippen molar-refractivity contribution < 1.29 is 23.3 Å². The molecule has 0 bridgehead atoms. The maximum atomic E-state index is 12.0. The van der Waals surface area contributed by atoms with E-state index in [2.05, 4.69) is 10.6 Å². The van der Waals surface area contributed by atoms with Gasteiger partial charge >= 0.3 is 12.0 Å². The quantitative estimate of drug-likeness (QED) is 0.743. The minimum Gasteiger partial charge on any atom is -0.452 e. The van der Waals surface area contributed by atoms with Crippen LogP contribution in [-0.2, 0) is 26.1 Å². The summed E-state index contributed by atoms with van der Waals surface area (Å²) in [7, 11) is -1.02. The summed E-state index contributed by atoms with van der Waals surface area (Å²) in [6.07, 6.45) is 5.54. The Labute approximate surface area is 149 Å². The van der Waals surface area contributed by atoms with Gasteiger partial charge in [0.15, 0.2) is 6.61 Å². The second-order valence-electron chi connectivity index (χ2n) is 6.00. The number of hydrogen-bond acceptors (Lipinski definition) is 5. The third kappa shape index (κ3) is 6.66. The summed E-state index contributed by atoms with van der Waals surface area (Å²) >= 11 is 0. The van der Waals surface area contributed by atoms with Crippen LogP contribution in [0.25, 0.3) is 0 Å². The number of imide groups is 1. The zero-order valence-electron chi connectivity index (χ0n) is 14.1. The Morgan fingerprint density at radius 2 is 1.96 bits per heavy atom. The van der Waals surface area contributed by atoms with Crippen LogP contribution in [0.2, 0.25) is 0 Å². The van der Waals surface area contributed by atoms with Gasteiger partial charge in [0.05, 0.1) is 5.56 Å². The molecule has 1 saturated carbocycles. The number of hydrogen-bond donors (Lipinski definition) is 2. The van der Waals surface area contributed by atoms with E-state index in [0.29, 0.717) is 5.75 Å². The Bertz CT molecular complexity index is 671. The summed E-state index contributed by atoms with van der Waals surface area (Å²) in [6.45, 7) is -0.541. The average Bonchev–Trinajstić information content (AvgIpc) is 3.05. The van der Waals surface area contributed by atoms with E-state index in [1.807, 2.05) is 0 Å². The molecule has 2 rings (SSSR count). The van der Waals surface area contributed by atoms with E-state index in [-0.39, 0.29) is 11.6 Å². The first-order chi connectivity index (χ1) is 11.9. The molecule has 0 heterocycles. The van der Waals surface area contributed by atoms with Crippen LogP contribution in [0.3, 0.4) is 0 Å². The Morgan fingerprint density at radius 1 is 1.24 bits per heavy atom. The van der Waals surface area contributed by atoms with Crippen LogP contribution in [0.1, 0.15) is 41.6 Å². The maximum absolute atomic E-state index is 12.0. The SMILES string of the molecule is CS(=O)Cc1cccc(C(=O)OCC(=O)NC(=O)NC2CCCC2)c1. The highest BCUT2D eigenvalue weighted by Crippen LogP contribution is 2.17. The largest absolute Gasteiger partial charge is 0.452 e. The van der Waals surface area contributed by atoms with Gasteiger partial charge in [-0.2, -0.15) is 0 Å². The zero-order valence-corrected chi connectivity index (χ0v) is 14.9. The van der Waals surface area contributed by atoms with Gasteiger partial charge < -0.3 is 10.1 Å². The summed E-state index contributed by atoms with van der Waals surface area (Å²) in [5.74, 6) is -1.02. The maximum Gasteiger partial charge on any atom is 0.338 e. The summed E-state index contributed by atoms with van der Waals surface area (Å²) < 4.78 is 16.2. The third-order valence-electron chi connectivity index (χ3n) is 3.81. The molecule has 0 radical (unpaired) electrons. The van der Waals surface area contributed by atoms with Gasteiger partial charge in [-0.25, -0.2) is 9.59 Å². The first kappa shape index (κ1) is 19.1. The van der Waals surface area contributed by atoms with Crippen molar-refractivity contribution in [3.05, 3.63) is 35.4 Å². The molecule has 0 aromatic heterocycles. The second kappa shape index (κ2) is 9.31. The highest BCUT2D eigenvalue weighted by Gasteiger charge is 2.19. The van der Waals surface area contributed by atoms with Gasteiger partial charge in [-0.05, 0) is 30.5 Å². The molecule has 1 aromatic carbocycles. The van der Waals surface area contributed by atoms with Crippen molar-refractivity contribution in [1.82, 2.24) is 10.6 Å². The molecule has 0 spiro atoms. The number of rotatable bonds is 6. The lowest BCUT2D eigenvalue weighted by molar-refractivity contribution is -0.123. The second-order valence-corrected chi connectivity index (χ2v) is 7.43. The predicted molar refractivity (Wildman–Crippen MR) is 93.4 cm³/mol. The summed E-state index contributed by atoms with van der Waals surface area (Å²) in [4.78, 5) is 35.3. The molecule has 1 atom stereocenters. The zero-order chi connectivity index (χ0) is 18.2. The van der Waals surface area contributed by atoms with E-state index in [1.165, 1.54) is 0 Å². The summed E-state index contributed by atoms with van der Waals surface area (Å²) in [5, 5.41) is 4.86. The number of benzene rings is 1. The third-order valence-corrected chi connectivity index (χ3v) is 4.55. The van der Waals surface area contributed by atoms with Crippen LogP contribution in [0, 0.1) is 0 Å². The van der Waals surface area contributed by atoms with E-state index in [9.17, 15) is 18.6 Å². The number of ether oxygens (including phenoxy) is 1. The van der Waals surface area contributed by atoms with Crippen molar-refractivity contribution >= 4 is 28.7 Å². The van der Waals surface area contributed by atoms with E-state index in [1.54, 1.807) is 30.5 Å². The van der Waals surface area contributed by atoms with Gasteiger partial charge in [0, 0.05) is 28.9 Å². The Kier molecular flexibility index (Phi) is 7.12. The number of carbonyl (C=O) groups is 3. The van der Waals surface area contributed by atoms with Crippen LogP contribution in [0.4, 0.5) is 4.79 Å². The molecule has 0 aliphatic heterocycles. The summed E-state index contributed by atoms with van der Waals surface area (Å²) in [5.41, 5.74) is 1.02. The molecule has 0 saturated heterocycles.